The summed E-state index contributed by atoms with van der Waals surface area (Å²) in [5.41, 5.74) is -5.44. The van der Waals surface area contributed by atoms with Crippen molar-refractivity contribution in [1.82, 2.24) is 20.5 Å². The zero-order valence-corrected chi connectivity index (χ0v) is 23.0. The van der Waals surface area contributed by atoms with Crippen LogP contribution in [0, 0.1) is 18.6 Å². The van der Waals surface area contributed by atoms with E-state index in [0.29, 0.717) is 22.3 Å². The van der Waals surface area contributed by atoms with E-state index in [0.717, 1.165) is 31.0 Å². The third-order valence-electron chi connectivity index (χ3n) is 7.01. The highest BCUT2D eigenvalue weighted by Gasteiger charge is 2.43. The van der Waals surface area contributed by atoms with E-state index in [2.05, 4.69) is 20.5 Å². The normalized spacial score (nSPS) is 15.1. The van der Waals surface area contributed by atoms with Gasteiger partial charge in [-0.15, -0.1) is 5.10 Å². The second-order valence-electron chi connectivity index (χ2n) is 10.9. The first-order chi connectivity index (χ1) is 19.8. The van der Waals surface area contributed by atoms with Gasteiger partial charge >= 0.3 is 0 Å². The molecular weight excluding hydrogens is 556 g/mol. The van der Waals surface area contributed by atoms with Crippen LogP contribution < -0.4 is 10.1 Å². The molecule has 0 bridgehead atoms. The average molecular weight is 585 g/mol. The standard InChI is InChI=1S/C30H28F4N4O4/c1-15-26(42-19-9-10-19)20-12-17(6-11-22(20)38-37-15)27(39)35-14-30(41,28(33)34)23-13-21(29(2,3)40)24(32)25(36-23)16-4-7-18(31)8-5-16/h4-8,11-13,19,28,40-41H,9-10,14H2,1-3H3,(H,35,39). The Bertz CT molecular complexity index is 1660. The van der Waals surface area contributed by atoms with Crippen molar-refractivity contribution in [3.05, 3.63) is 82.7 Å². The molecule has 1 unspecified atom stereocenters. The van der Waals surface area contributed by atoms with Gasteiger partial charge < -0.3 is 20.3 Å². The number of hydrogen-bond donors (Lipinski definition) is 3. The van der Waals surface area contributed by atoms with E-state index < -0.39 is 58.7 Å². The van der Waals surface area contributed by atoms with Crippen molar-refractivity contribution in [1.29, 1.82) is 0 Å². The Hall–Kier alpha value is -4.16. The van der Waals surface area contributed by atoms with E-state index in [9.17, 15) is 28.2 Å². The van der Waals surface area contributed by atoms with E-state index >= 15 is 4.39 Å². The van der Waals surface area contributed by atoms with Crippen molar-refractivity contribution in [2.75, 3.05) is 6.54 Å². The molecule has 2 heterocycles. The largest absolute Gasteiger partial charge is 0.488 e. The topological polar surface area (TPSA) is 117 Å². The Morgan fingerprint density at radius 1 is 1.07 bits per heavy atom. The molecule has 5 rings (SSSR count). The minimum Gasteiger partial charge on any atom is -0.488 e. The van der Waals surface area contributed by atoms with Crippen LogP contribution in [0.5, 0.6) is 5.75 Å². The van der Waals surface area contributed by atoms with Crippen LogP contribution in [0.1, 0.15) is 54.0 Å². The number of aromatic nitrogens is 3. The van der Waals surface area contributed by atoms with Gasteiger partial charge in [-0.25, -0.2) is 22.5 Å². The third-order valence-corrected chi connectivity index (χ3v) is 7.01. The summed E-state index contributed by atoms with van der Waals surface area (Å²) in [7, 11) is 0. The van der Waals surface area contributed by atoms with E-state index in [-0.39, 0.29) is 17.2 Å². The highest BCUT2D eigenvalue weighted by molar-refractivity contribution is 5.99. The number of carbonyl (C=O) groups excluding carboxylic acids is 1. The van der Waals surface area contributed by atoms with Gasteiger partial charge in [0.05, 0.1) is 29.5 Å². The lowest BCUT2D eigenvalue weighted by Crippen LogP contribution is -2.47. The van der Waals surface area contributed by atoms with E-state index in [1.165, 1.54) is 38.1 Å². The van der Waals surface area contributed by atoms with Crippen molar-refractivity contribution < 1.29 is 37.3 Å². The number of aliphatic hydroxyl groups is 2. The molecule has 1 atom stereocenters. The van der Waals surface area contributed by atoms with Crippen LogP contribution in [0.4, 0.5) is 17.6 Å². The van der Waals surface area contributed by atoms with Gasteiger partial charge in [0.2, 0.25) is 0 Å². The van der Waals surface area contributed by atoms with Crippen molar-refractivity contribution in [2.24, 2.45) is 0 Å². The Morgan fingerprint density at radius 3 is 2.38 bits per heavy atom. The first kappa shape index (κ1) is 29.3. The summed E-state index contributed by atoms with van der Waals surface area (Å²) >= 11 is 0. The van der Waals surface area contributed by atoms with Gasteiger partial charge in [0.1, 0.15) is 17.2 Å². The number of benzene rings is 2. The Kier molecular flexibility index (Phi) is 7.62. The van der Waals surface area contributed by atoms with Crippen LogP contribution in [-0.2, 0) is 11.2 Å². The smallest absolute Gasteiger partial charge is 0.274 e. The number of nitrogens with one attached hydrogen (secondary N) is 1. The number of ether oxygens (including phenoxy) is 1. The molecule has 1 amide bonds. The van der Waals surface area contributed by atoms with E-state index in [4.69, 9.17) is 4.74 Å². The summed E-state index contributed by atoms with van der Waals surface area (Å²) in [5.74, 6) is -1.96. The lowest BCUT2D eigenvalue weighted by atomic mass is 9.90. The van der Waals surface area contributed by atoms with Gasteiger partial charge in [-0.1, -0.05) is 0 Å². The maximum Gasteiger partial charge on any atom is 0.274 e. The second-order valence-corrected chi connectivity index (χ2v) is 10.9. The number of amides is 1. The van der Waals surface area contributed by atoms with Crippen molar-refractivity contribution in [2.45, 2.75) is 57.3 Å². The Balaban J connectivity index is 1.49. The molecule has 0 aliphatic heterocycles. The lowest BCUT2D eigenvalue weighted by molar-refractivity contribution is -0.101. The highest BCUT2D eigenvalue weighted by atomic mass is 19.3. The van der Waals surface area contributed by atoms with Crippen LogP contribution in [0.3, 0.4) is 0 Å². The summed E-state index contributed by atoms with van der Waals surface area (Å²) in [6.07, 6.45) is -1.65. The number of aryl methyl sites for hydroxylation is 1. The van der Waals surface area contributed by atoms with Gasteiger partial charge in [0.15, 0.2) is 17.2 Å². The summed E-state index contributed by atoms with van der Waals surface area (Å²) in [4.78, 5) is 17.1. The number of carbonyl (C=O) groups is 1. The van der Waals surface area contributed by atoms with Gasteiger partial charge in [-0.05, 0) is 82.1 Å². The molecule has 2 aromatic carbocycles. The molecular formula is C30H28F4N4O4. The maximum absolute atomic E-state index is 15.5. The fourth-order valence-corrected chi connectivity index (χ4v) is 4.41. The van der Waals surface area contributed by atoms with Crippen LogP contribution in [0.2, 0.25) is 0 Å². The number of hydrogen-bond acceptors (Lipinski definition) is 7. The minimum absolute atomic E-state index is 0.0284. The van der Waals surface area contributed by atoms with Crippen LogP contribution in [0.25, 0.3) is 22.2 Å². The number of rotatable bonds is 9. The molecule has 2 aromatic heterocycles. The fraction of sp³-hybridized carbons (Fsp3) is 0.333. The molecule has 0 spiro atoms. The summed E-state index contributed by atoms with van der Waals surface area (Å²) in [6.45, 7) is 3.19. The minimum atomic E-state index is -3.49. The zero-order chi connectivity index (χ0) is 30.4. The van der Waals surface area contributed by atoms with Crippen LogP contribution >= 0.6 is 0 Å². The lowest BCUT2D eigenvalue weighted by Gasteiger charge is -2.30. The quantitative estimate of drug-likeness (QED) is 0.239. The van der Waals surface area contributed by atoms with Gasteiger partial charge in [0.25, 0.3) is 12.3 Å². The molecule has 1 aliphatic rings. The molecule has 0 saturated heterocycles. The second kappa shape index (κ2) is 10.9. The molecule has 0 radical (unpaired) electrons. The molecule has 220 valence electrons. The molecule has 12 heteroatoms. The molecule has 1 saturated carbocycles. The van der Waals surface area contributed by atoms with Crippen molar-refractivity contribution >= 4 is 16.8 Å². The molecule has 42 heavy (non-hydrogen) atoms. The summed E-state index contributed by atoms with van der Waals surface area (Å²) in [5, 5.41) is 32.8. The predicted molar refractivity (Wildman–Crippen MR) is 145 cm³/mol. The predicted octanol–water partition coefficient (Wildman–Crippen LogP) is 4.93. The first-order valence-corrected chi connectivity index (χ1v) is 13.2. The number of nitrogens with zero attached hydrogens (tertiary/aromatic N) is 3. The van der Waals surface area contributed by atoms with E-state index in [1.807, 2.05) is 0 Å². The molecule has 8 nitrogen and oxygen atoms in total. The Morgan fingerprint density at radius 2 is 1.76 bits per heavy atom. The number of alkyl halides is 2. The van der Waals surface area contributed by atoms with Gasteiger partial charge in [-0.3, -0.25) is 4.79 Å². The van der Waals surface area contributed by atoms with Crippen molar-refractivity contribution in [3.63, 3.8) is 0 Å². The third kappa shape index (κ3) is 5.77. The molecule has 1 fully saturated rings. The van der Waals surface area contributed by atoms with Crippen LogP contribution in [0.15, 0.2) is 48.5 Å². The van der Waals surface area contributed by atoms with Gasteiger partial charge in [0, 0.05) is 22.1 Å². The molecule has 1 aliphatic carbocycles. The molecule has 3 N–H and O–H groups in total. The average Bonchev–Trinajstić information content (AvgIpc) is 3.77. The van der Waals surface area contributed by atoms with Crippen LogP contribution in [-0.4, -0.2) is 50.4 Å². The summed E-state index contributed by atoms with van der Waals surface area (Å²) < 4.78 is 63.9. The van der Waals surface area contributed by atoms with Crippen molar-refractivity contribution in [3.8, 4) is 17.0 Å². The van der Waals surface area contributed by atoms with E-state index in [1.54, 1.807) is 13.0 Å². The summed E-state index contributed by atoms with van der Waals surface area (Å²) in [6, 6.07) is 9.75. The first-order valence-electron chi connectivity index (χ1n) is 13.2. The maximum atomic E-state index is 15.5. The number of pyridine rings is 1. The fourth-order valence-electron chi connectivity index (χ4n) is 4.41. The molecule has 4 aromatic rings. The zero-order valence-electron chi connectivity index (χ0n) is 23.0. The Labute approximate surface area is 238 Å². The van der Waals surface area contributed by atoms with Gasteiger partial charge in [-0.2, -0.15) is 5.10 Å². The highest BCUT2D eigenvalue weighted by Crippen LogP contribution is 2.36. The monoisotopic (exact) mass is 584 g/mol. The SMILES string of the molecule is Cc1nnc2ccc(C(=O)NCC(O)(c3cc(C(C)(C)O)c(F)c(-c4ccc(F)cc4)n3)C(F)F)cc2c1OC1CC1. The number of fused-ring (bicyclic) bond motifs is 1. The number of halogens is 4.